The number of hydrogen-bond acceptors (Lipinski definition) is 5. The molecule has 0 aliphatic heterocycles. The summed E-state index contributed by atoms with van der Waals surface area (Å²) in [5.41, 5.74) is 4.88. The van der Waals surface area contributed by atoms with Gasteiger partial charge in [-0.3, -0.25) is 24.0 Å². The lowest BCUT2D eigenvalue weighted by Crippen LogP contribution is -2.48. The summed E-state index contributed by atoms with van der Waals surface area (Å²) < 4.78 is 0. The molecular formula is C11H18N4O5. The third kappa shape index (κ3) is 7.80. The van der Waals surface area contributed by atoms with Gasteiger partial charge in [-0.25, -0.2) is 0 Å². The van der Waals surface area contributed by atoms with Crippen LogP contribution in [0.1, 0.15) is 19.8 Å². The SMILES string of the molecule is CC(=O)NCCCC(NC(=O)CNC=O)C(=O)C(N)=O. The molecule has 0 bridgehead atoms. The van der Waals surface area contributed by atoms with E-state index in [4.69, 9.17) is 5.73 Å². The molecule has 0 aliphatic carbocycles. The van der Waals surface area contributed by atoms with Crippen LogP contribution in [0, 0.1) is 0 Å². The maximum absolute atomic E-state index is 11.5. The topological polar surface area (TPSA) is 147 Å². The van der Waals surface area contributed by atoms with E-state index in [0.29, 0.717) is 19.4 Å². The quantitative estimate of drug-likeness (QED) is 0.194. The average Bonchev–Trinajstić information content (AvgIpc) is 2.38. The molecule has 1 atom stereocenters. The maximum atomic E-state index is 11.5. The highest BCUT2D eigenvalue weighted by atomic mass is 16.2. The molecule has 0 aromatic carbocycles. The number of ketones is 1. The molecular weight excluding hydrogens is 268 g/mol. The van der Waals surface area contributed by atoms with Crippen LogP contribution in [0.25, 0.3) is 0 Å². The van der Waals surface area contributed by atoms with Crippen molar-refractivity contribution in [1.29, 1.82) is 0 Å². The Morgan fingerprint density at radius 1 is 1.25 bits per heavy atom. The van der Waals surface area contributed by atoms with Crippen molar-refractivity contribution < 1.29 is 24.0 Å². The minimum Gasteiger partial charge on any atom is -0.363 e. The van der Waals surface area contributed by atoms with E-state index in [0.717, 1.165) is 0 Å². The maximum Gasteiger partial charge on any atom is 0.287 e. The predicted molar refractivity (Wildman–Crippen MR) is 68.1 cm³/mol. The fraction of sp³-hybridized carbons (Fsp3) is 0.545. The minimum absolute atomic E-state index is 0.148. The Morgan fingerprint density at radius 2 is 1.90 bits per heavy atom. The normalized spacial score (nSPS) is 11.1. The first-order chi connectivity index (χ1) is 9.38. The van der Waals surface area contributed by atoms with Crippen LogP contribution in [0.2, 0.25) is 0 Å². The van der Waals surface area contributed by atoms with Gasteiger partial charge in [0.25, 0.3) is 5.91 Å². The van der Waals surface area contributed by atoms with Crippen LogP contribution in [0.3, 0.4) is 0 Å². The van der Waals surface area contributed by atoms with Gasteiger partial charge in [0, 0.05) is 13.5 Å². The molecule has 1 unspecified atom stereocenters. The van der Waals surface area contributed by atoms with E-state index in [2.05, 4.69) is 16.0 Å². The summed E-state index contributed by atoms with van der Waals surface area (Å²) in [5.74, 6) is -2.91. The van der Waals surface area contributed by atoms with Crippen molar-refractivity contribution in [3.63, 3.8) is 0 Å². The smallest absolute Gasteiger partial charge is 0.287 e. The van der Waals surface area contributed by atoms with Gasteiger partial charge < -0.3 is 21.7 Å². The molecule has 0 aromatic rings. The first kappa shape index (κ1) is 17.6. The minimum atomic E-state index is -1.15. The molecule has 0 rings (SSSR count). The van der Waals surface area contributed by atoms with E-state index < -0.39 is 23.6 Å². The van der Waals surface area contributed by atoms with Crippen molar-refractivity contribution in [2.24, 2.45) is 5.73 Å². The molecule has 0 aromatic heterocycles. The van der Waals surface area contributed by atoms with Crippen molar-refractivity contribution >= 4 is 29.9 Å². The van der Waals surface area contributed by atoms with Crippen molar-refractivity contribution in [2.75, 3.05) is 13.1 Å². The predicted octanol–water partition coefficient (Wildman–Crippen LogP) is -2.81. The van der Waals surface area contributed by atoms with Crippen molar-refractivity contribution in [3.8, 4) is 0 Å². The van der Waals surface area contributed by atoms with Crippen LogP contribution in [0.15, 0.2) is 0 Å². The van der Waals surface area contributed by atoms with E-state index in [1.807, 2.05) is 0 Å². The van der Waals surface area contributed by atoms with Crippen LogP contribution < -0.4 is 21.7 Å². The third-order valence-electron chi connectivity index (χ3n) is 2.28. The molecule has 0 radical (unpaired) electrons. The molecule has 20 heavy (non-hydrogen) atoms. The lowest BCUT2D eigenvalue weighted by Gasteiger charge is -2.16. The molecule has 0 saturated carbocycles. The zero-order chi connectivity index (χ0) is 15.5. The molecule has 0 fully saturated rings. The van der Waals surface area contributed by atoms with Gasteiger partial charge in [-0.1, -0.05) is 0 Å². The summed E-state index contributed by atoms with van der Waals surface area (Å²) in [5, 5.41) is 6.94. The Bertz CT molecular complexity index is 396. The van der Waals surface area contributed by atoms with E-state index in [1.54, 1.807) is 0 Å². The fourth-order valence-electron chi connectivity index (χ4n) is 1.39. The largest absolute Gasteiger partial charge is 0.363 e. The van der Waals surface area contributed by atoms with E-state index in [-0.39, 0.29) is 18.9 Å². The van der Waals surface area contributed by atoms with Crippen molar-refractivity contribution in [3.05, 3.63) is 0 Å². The monoisotopic (exact) mass is 286 g/mol. The van der Waals surface area contributed by atoms with E-state index >= 15 is 0 Å². The Labute approximate surface area is 115 Å². The van der Waals surface area contributed by atoms with Gasteiger partial charge in [0.05, 0.1) is 12.6 Å². The molecule has 5 N–H and O–H groups in total. The van der Waals surface area contributed by atoms with Crippen molar-refractivity contribution in [2.45, 2.75) is 25.8 Å². The molecule has 9 heteroatoms. The standard InChI is InChI=1S/C11H18N4O5/c1-7(17)14-4-2-3-8(10(19)11(12)20)15-9(18)5-13-6-16/h6,8H,2-5H2,1H3,(H2,12,20)(H,13,16)(H,14,17)(H,15,18). The summed E-state index contributed by atoms with van der Waals surface area (Å²) in [4.78, 5) is 54.4. The number of carbonyl (C=O) groups excluding carboxylic acids is 5. The Hall–Kier alpha value is -2.45. The molecule has 0 aliphatic rings. The van der Waals surface area contributed by atoms with Gasteiger partial charge in [-0.15, -0.1) is 0 Å². The molecule has 9 nitrogen and oxygen atoms in total. The summed E-state index contributed by atoms with van der Waals surface area (Å²) in [6.07, 6.45) is 0.862. The summed E-state index contributed by atoms with van der Waals surface area (Å²) >= 11 is 0. The first-order valence-electron chi connectivity index (χ1n) is 5.93. The van der Waals surface area contributed by atoms with Gasteiger partial charge in [0.15, 0.2) is 0 Å². The third-order valence-corrected chi connectivity index (χ3v) is 2.28. The molecule has 0 saturated heterocycles. The Kier molecular flexibility index (Phi) is 8.32. The van der Waals surface area contributed by atoms with Crippen LogP contribution in [-0.2, 0) is 24.0 Å². The van der Waals surface area contributed by atoms with E-state index in [9.17, 15) is 24.0 Å². The number of nitrogens with two attached hydrogens (primary N) is 1. The van der Waals surface area contributed by atoms with Gasteiger partial charge in [0.2, 0.25) is 24.0 Å². The molecule has 112 valence electrons. The van der Waals surface area contributed by atoms with Crippen LogP contribution in [0.4, 0.5) is 0 Å². The molecule has 4 amide bonds. The van der Waals surface area contributed by atoms with Gasteiger partial charge in [-0.2, -0.15) is 0 Å². The second kappa shape index (κ2) is 9.48. The highest BCUT2D eigenvalue weighted by Crippen LogP contribution is 1.98. The number of hydrogen-bond donors (Lipinski definition) is 4. The Balaban J connectivity index is 4.38. The van der Waals surface area contributed by atoms with Crippen LogP contribution in [-0.4, -0.2) is 49.0 Å². The van der Waals surface area contributed by atoms with Crippen LogP contribution in [0.5, 0.6) is 0 Å². The zero-order valence-electron chi connectivity index (χ0n) is 11.1. The number of carbonyl (C=O) groups is 5. The van der Waals surface area contributed by atoms with Gasteiger partial charge in [-0.05, 0) is 12.8 Å². The van der Waals surface area contributed by atoms with Crippen molar-refractivity contribution in [1.82, 2.24) is 16.0 Å². The average molecular weight is 286 g/mol. The number of rotatable bonds is 10. The number of nitrogens with one attached hydrogen (secondary N) is 3. The molecule has 0 spiro atoms. The van der Waals surface area contributed by atoms with Gasteiger partial charge in [0.1, 0.15) is 0 Å². The summed E-state index contributed by atoms with van der Waals surface area (Å²) in [6.45, 7) is 1.34. The fourth-order valence-corrected chi connectivity index (χ4v) is 1.39. The lowest BCUT2D eigenvalue weighted by atomic mass is 10.1. The Morgan fingerprint density at radius 3 is 2.40 bits per heavy atom. The number of amides is 4. The number of Topliss-reactive ketones (excluding diaryl/α,β-unsaturated/α-hetero) is 1. The second-order valence-electron chi connectivity index (χ2n) is 3.97. The first-order valence-corrected chi connectivity index (χ1v) is 5.93. The summed E-state index contributed by atoms with van der Waals surface area (Å²) in [6, 6.07) is -1.07. The van der Waals surface area contributed by atoms with E-state index in [1.165, 1.54) is 6.92 Å². The highest BCUT2D eigenvalue weighted by Gasteiger charge is 2.24. The zero-order valence-corrected chi connectivity index (χ0v) is 11.1. The second-order valence-corrected chi connectivity index (χ2v) is 3.97. The lowest BCUT2D eigenvalue weighted by molar-refractivity contribution is -0.138. The number of primary amides is 1. The van der Waals surface area contributed by atoms with Gasteiger partial charge >= 0.3 is 0 Å². The molecule has 0 heterocycles. The van der Waals surface area contributed by atoms with Crippen LogP contribution >= 0.6 is 0 Å². The summed E-state index contributed by atoms with van der Waals surface area (Å²) in [7, 11) is 0. The highest BCUT2D eigenvalue weighted by molar-refractivity contribution is 6.37.